The van der Waals surface area contributed by atoms with Crippen LogP contribution in [0, 0.1) is 17.0 Å². The Kier molecular flexibility index (Phi) is 5.68. The molecule has 1 fully saturated rings. The molecule has 0 bridgehead atoms. The minimum atomic E-state index is -0.389. The lowest BCUT2D eigenvalue weighted by molar-refractivity contribution is -0.385. The number of hydrogen-bond acceptors (Lipinski definition) is 6. The first-order valence-corrected chi connectivity index (χ1v) is 7.70. The van der Waals surface area contributed by atoms with Crippen LogP contribution in [0.5, 0.6) is 0 Å². The molecule has 0 saturated carbocycles. The maximum Gasteiger partial charge on any atom is 0.290 e. The van der Waals surface area contributed by atoms with Crippen LogP contribution in [0.2, 0.25) is 0 Å². The Labute approximate surface area is 131 Å². The maximum absolute atomic E-state index is 10.8. The lowest BCUT2D eigenvalue weighted by Gasteiger charge is -2.32. The highest BCUT2D eigenvalue weighted by molar-refractivity contribution is 5.48. The van der Waals surface area contributed by atoms with E-state index < -0.39 is 0 Å². The normalized spacial score (nSPS) is 16.7. The van der Waals surface area contributed by atoms with Gasteiger partial charge in [-0.05, 0) is 33.0 Å². The molecular formula is C15H25N5O2. The summed E-state index contributed by atoms with van der Waals surface area (Å²) in [5.41, 5.74) is 0.732. The Morgan fingerprint density at radius 3 is 2.64 bits per heavy atom. The number of aromatic nitrogens is 1. The van der Waals surface area contributed by atoms with Crippen molar-refractivity contribution in [3.05, 3.63) is 27.9 Å². The standard InChI is InChI=1S/C15H25N5O2/c1-13-11-15(16-12-14(13)20(21)22)18(3)5-4-6-19-9-7-17(2)8-10-19/h11-12H,4-10H2,1-3H3. The molecule has 0 aliphatic carbocycles. The molecule has 0 amide bonds. The van der Waals surface area contributed by atoms with Crippen molar-refractivity contribution in [2.24, 2.45) is 0 Å². The average molecular weight is 307 g/mol. The Hall–Kier alpha value is -1.73. The summed E-state index contributed by atoms with van der Waals surface area (Å²) in [6, 6.07) is 1.79. The van der Waals surface area contributed by atoms with Crippen molar-refractivity contribution in [2.75, 3.05) is 58.3 Å². The number of pyridine rings is 1. The topological polar surface area (TPSA) is 65.8 Å². The van der Waals surface area contributed by atoms with Gasteiger partial charge in [0, 0.05) is 45.3 Å². The maximum atomic E-state index is 10.8. The van der Waals surface area contributed by atoms with Crippen LogP contribution in [-0.4, -0.2) is 73.1 Å². The molecule has 0 unspecified atom stereocenters. The summed E-state index contributed by atoms with van der Waals surface area (Å²) < 4.78 is 0. The Morgan fingerprint density at radius 1 is 1.36 bits per heavy atom. The summed E-state index contributed by atoms with van der Waals surface area (Å²) >= 11 is 0. The van der Waals surface area contributed by atoms with E-state index in [-0.39, 0.29) is 10.6 Å². The molecule has 0 aromatic carbocycles. The molecule has 1 aromatic rings. The minimum absolute atomic E-state index is 0.0783. The highest BCUT2D eigenvalue weighted by atomic mass is 16.6. The van der Waals surface area contributed by atoms with Crippen molar-refractivity contribution in [2.45, 2.75) is 13.3 Å². The highest BCUT2D eigenvalue weighted by Gasteiger charge is 2.15. The van der Waals surface area contributed by atoms with Crippen LogP contribution >= 0.6 is 0 Å². The first-order valence-electron chi connectivity index (χ1n) is 7.70. The van der Waals surface area contributed by atoms with Crippen LogP contribution in [0.1, 0.15) is 12.0 Å². The molecule has 0 radical (unpaired) electrons. The molecule has 0 spiro atoms. The van der Waals surface area contributed by atoms with Gasteiger partial charge in [0.25, 0.3) is 5.69 Å². The zero-order valence-corrected chi connectivity index (χ0v) is 13.7. The van der Waals surface area contributed by atoms with E-state index in [4.69, 9.17) is 0 Å². The molecule has 0 atom stereocenters. The molecule has 1 aliphatic rings. The first kappa shape index (κ1) is 16.6. The van der Waals surface area contributed by atoms with Crippen molar-refractivity contribution in [3.63, 3.8) is 0 Å². The van der Waals surface area contributed by atoms with Crippen molar-refractivity contribution in [1.82, 2.24) is 14.8 Å². The highest BCUT2D eigenvalue weighted by Crippen LogP contribution is 2.20. The van der Waals surface area contributed by atoms with Gasteiger partial charge in [-0.3, -0.25) is 10.1 Å². The number of aryl methyl sites for hydroxylation is 1. The van der Waals surface area contributed by atoms with Crippen LogP contribution < -0.4 is 4.90 Å². The molecule has 2 rings (SSSR count). The zero-order valence-electron chi connectivity index (χ0n) is 13.7. The van der Waals surface area contributed by atoms with Gasteiger partial charge < -0.3 is 14.7 Å². The minimum Gasteiger partial charge on any atom is -0.360 e. The van der Waals surface area contributed by atoms with Crippen molar-refractivity contribution in [3.8, 4) is 0 Å². The summed E-state index contributed by atoms with van der Waals surface area (Å²) in [7, 11) is 4.14. The SMILES string of the molecule is Cc1cc(N(C)CCCN2CCN(C)CC2)ncc1[N+](=O)[O-]. The number of likely N-dealkylation sites (N-methyl/N-ethyl adjacent to an activating group) is 1. The van der Waals surface area contributed by atoms with Crippen LogP contribution in [-0.2, 0) is 0 Å². The van der Waals surface area contributed by atoms with Gasteiger partial charge in [-0.15, -0.1) is 0 Å². The third-order valence-corrected chi connectivity index (χ3v) is 4.22. The molecule has 7 nitrogen and oxygen atoms in total. The molecule has 1 saturated heterocycles. The van der Waals surface area contributed by atoms with Gasteiger partial charge in [-0.2, -0.15) is 0 Å². The van der Waals surface area contributed by atoms with Gasteiger partial charge in [0.15, 0.2) is 0 Å². The second-order valence-corrected chi connectivity index (χ2v) is 6.01. The summed E-state index contributed by atoms with van der Waals surface area (Å²) in [6.07, 6.45) is 2.42. The van der Waals surface area contributed by atoms with E-state index >= 15 is 0 Å². The van der Waals surface area contributed by atoms with Crippen molar-refractivity contribution >= 4 is 11.5 Å². The third kappa shape index (κ3) is 4.38. The summed E-state index contributed by atoms with van der Waals surface area (Å²) in [6.45, 7) is 8.28. The first-order chi connectivity index (χ1) is 10.5. The van der Waals surface area contributed by atoms with Gasteiger partial charge in [-0.1, -0.05) is 0 Å². The second-order valence-electron chi connectivity index (χ2n) is 6.01. The number of rotatable bonds is 6. The van der Waals surface area contributed by atoms with Crippen molar-refractivity contribution < 1.29 is 4.92 Å². The molecule has 22 heavy (non-hydrogen) atoms. The van der Waals surface area contributed by atoms with E-state index in [1.165, 1.54) is 6.20 Å². The van der Waals surface area contributed by atoms with Gasteiger partial charge >= 0.3 is 0 Å². The Bertz CT molecular complexity index is 515. The fourth-order valence-electron chi connectivity index (χ4n) is 2.65. The van der Waals surface area contributed by atoms with E-state index in [1.807, 2.05) is 7.05 Å². The van der Waals surface area contributed by atoms with E-state index in [0.29, 0.717) is 5.56 Å². The Morgan fingerprint density at radius 2 is 2.05 bits per heavy atom. The summed E-state index contributed by atoms with van der Waals surface area (Å²) in [4.78, 5) is 21.5. The Balaban J connectivity index is 1.81. The van der Waals surface area contributed by atoms with Gasteiger partial charge in [0.05, 0.1) is 4.92 Å². The molecule has 1 aliphatic heterocycles. The molecular weight excluding hydrogens is 282 g/mol. The molecule has 2 heterocycles. The summed E-state index contributed by atoms with van der Waals surface area (Å²) in [5, 5.41) is 10.8. The largest absolute Gasteiger partial charge is 0.360 e. The molecule has 1 aromatic heterocycles. The van der Waals surface area contributed by atoms with Gasteiger partial charge in [0.2, 0.25) is 0 Å². The van der Waals surface area contributed by atoms with E-state index in [1.54, 1.807) is 13.0 Å². The van der Waals surface area contributed by atoms with E-state index in [0.717, 1.165) is 51.5 Å². The lowest BCUT2D eigenvalue weighted by atomic mass is 10.2. The van der Waals surface area contributed by atoms with Crippen LogP contribution in [0.4, 0.5) is 11.5 Å². The van der Waals surface area contributed by atoms with Crippen LogP contribution in [0.15, 0.2) is 12.3 Å². The fourth-order valence-corrected chi connectivity index (χ4v) is 2.65. The third-order valence-electron chi connectivity index (χ3n) is 4.22. The van der Waals surface area contributed by atoms with Crippen LogP contribution in [0.3, 0.4) is 0 Å². The van der Waals surface area contributed by atoms with E-state index in [2.05, 4.69) is 26.7 Å². The predicted molar refractivity (Wildman–Crippen MR) is 87.5 cm³/mol. The average Bonchev–Trinajstić information content (AvgIpc) is 2.48. The molecule has 0 N–H and O–H groups in total. The number of piperazine rings is 1. The monoisotopic (exact) mass is 307 g/mol. The van der Waals surface area contributed by atoms with Gasteiger partial charge in [0.1, 0.15) is 12.0 Å². The van der Waals surface area contributed by atoms with E-state index in [9.17, 15) is 10.1 Å². The number of nitro groups is 1. The second kappa shape index (κ2) is 7.51. The van der Waals surface area contributed by atoms with Crippen LogP contribution in [0.25, 0.3) is 0 Å². The molecule has 7 heteroatoms. The smallest absolute Gasteiger partial charge is 0.290 e. The molecule has 122 valence electrons. The lowest BCUT2D eigenvalue weighted by Crippen LogP contribution is -2.45. The zero-order chi connectivity index (χ0) is 16.1. The number of anilines is 1. The quantitative estimate of drug-likeness (QED) is 0.584. The van der Waals surface area contributed by atoms with Crippen molar-refractivity contribution in [1.29, 1.82) is 0 Å². The number of hydrogen-bond donors (Lipinski definition) is 0. The summed E-state index contributed by atoms with van der Waals surface area (Å²) in [5.74, 6) is 0.793. The van der Waals surface area contributed by atoms with Gasteiger partial charge in [-0.25, -0.2) is 4.98 Å². The number of nitrogens with zero attached hydrogens (tertiary/aromatic N) is 5. The predicted octanol–water partition coefficient (Wildman–Crippen LogP) is 1.37. The fraction of sp³-hybridized carbons (Fsp3) is 0.667.